The molecule has 0 radical (unpaired) electrons. The van der Waals surface area contributed by atoms with E-state index >= 15 is 0 Å². The summed E-state index contributed by atoms with van der Waals surface area (Å²) in [6.45, 7) is 0. The topological polar surface area (TPSA) is 58.2 Å². The molecule has 0 unspecified atom stereocenters. The molecule has 54 valence electrons. The van der Waals surface area contributed by atoms with Crippen molar-refractivity contribution in [1.82, 2.24) is 10.6 Å². The minimum absolute atomic E-state index is 0.0534. The summed E-state index contributed by atoms with van der Waals surface area (Å²) in [7, 11) is 0. The normalized spacial score (nSPS) is 37.2. The Morgan fingerprint density at radius 2 is 2.10 bits per heavy atom. The second-order valence-corrected chi connectivity index (χ2v) is 2.75. The first-order valence-electron chi connectivity index (χ1n) is 3.39. The lowest BCUT2D eigenvalue weighted by molar-refractivity contribution is -0.128. The molecule has 2 atom stereocenters. The van der Waals surface area contributed by atoms with Crippen LogP contribution in [0.3, 0.4) is 0 Å². The molecular formula is C6H8N2O2. The van der Waals surface area contributed by atoms with Crippen LogP contribution in [0.15, 0.2) is 0 Å². The molecule has 0 aromatic heterocycles. The third kappa shape index (κ3) is 0.616. The summed E-state index contributed by atoms with van der Waals surface area (Å²) in [5.74, 6) is -0.0577. The van der Waals surface area contributed by atoms with Gasteiger partial charge in [-0.15, -0.1) is 0 Å². The van der Waals surface area contributed by atoms with Crippen LogP contribution in [0, 0.1) is 5.92 Å². The summed E-state index contributed by atoms with van der Waals surface area (Å²) in [6.07, 6.45) is 1.86. The zero-order valence-corrected chi connectivity index (χ0v) is 5.39. The Kier molecular flexibility index (Phi) is 0.977. The molecule has 2 rings (SSSR count). The number of fused-ring (bicyclic) bond motifs is 1. The van der Waals surface area contributed by atoms with Gasteiger partial charge < -0.3 is 5.32 Å². The third-order valence-electron chi connectivity index (χ3n) is 2.16. The maximum Gasteiger partial charge on any atom is 0.321 e. The summed E-state index contributed by atoms with van der Waals surface area (Å²) >= 11 is 0. The smallest absolute Gasteiger partial charge is 0.321 e. The molecule has 3 amide bonds. The van der Waals surface area contributed by atoms with Crippen LogP contribution >= 0.6 is 0 Å². The van der Waals surface area contributed by atoms with Crippen LogP contribution in [0.1, 0.15) is 12.8 Å². The highest BCUT2D eigenvalue weighted by molar-refractivity contribution is 5.99. The van der Waals surface area contributed by atoms with E-state index in [1.165, 1.54) is 0 Å². The first kappa shape index (κ1) is 5.70. The molecule has 0 aromatic rings. The highest BCUT2D eigenvalue weighted by Crippen LogP contribution is 2.29. The minimum Gasteiger partial charge on any atom is -0.334 e. The van der Waals surface area contributed by atoms with Crippen molar-refractivity contribution in [3.63, 3.8) is 0 Å². The Balaban J connectivity index is 2.13. The van der Waals surface area contributed by atoms with Crippen molar-refractivity contribution >= 4 is 11.9 Å². The molecule has 0 spiro atoms. The van der Waals surface area contributed by atoms with E-state index in [9.17, 15) is 9.59 Å². The average molecular weight is 140 g/mol. The standard InChI is InChI=1S/C6H8N2O2/c9-5-3-1-2-4(3)7-6(10)8-5/h3-4H,1-2H2,(H2,7,8,9,10)/t3-,4-/m1/s1. The molecule has 1 heterocycles. The molecule has 1 aliphatic heterocycles. The average Bonchev–Trinajstić information content (AvgIpc) is 1.77. The SMILES string of the molecule is O=C1NC(=O)[C@@H]2CC[C@H]2N1. The maximum absolute atomic E-state index is 10.9. The fraction of sp³-hybridized carbons (Fsp3) is 0.667. The summed E-state index contributed by atoms with van der Waals surface area (Å²) in [4.78, 5) is 21.5. The Morgan fingerprint density at radius 3 is 2.60 bits per heavy atom. The van der Waals surface area contributed by atoms with Gasteiger partial charge in [0.15, 0.2) is 0 Å². The van der Waals surface area contributed by atoms with Gasteiger partial charge in [-0.2, -0.15) is 0 Å². The van der Waals surface area contributed by atoms with E-state index in [0.29, 0.717) is 0 Å². The van der Waals surface area contributed by atoms with Crippen molar-refractivity contribution in [2.24, 2.45) is 5.92 Å². The monoisotopic (exact) mass is 140 g/mol. The van der Waals surface area contributed by atoms with Crippen LogP contribution in [0.4, 0.5) is 4.79 Å². The molecule has 2 fully saturated rings. The molecule has 2 N–H and O–H groups in total. The molecule has 1 saturated heterocycles. The molecule has 0 aromatic carbocycles. The second-order valence-electron chi connectivity index (χ2n) is 2.75. The quantitative estimate of drug-likeness (QED) is 0.481. The predicted molar refractivity (Wildman–Crippen MR) is 33.2 cm³/mol. The Hall–Kier alpha value is -1.06. The Morgan fingerprint density at radius 1 is 1.30 bits per heavy atom. The van der Waals surface area contributed by atoms with Gasteiger partial charge in [0.25, 0.3) is 0 Å². The van der Waals surface area contributed by atoms with Crippen LogP contribution in [0.2, 0.25) is 0 Å². The van der Waals surface area contributed by atoms with E-state index in [1.807, 2.05) is 0 Å². The van der Waals surface area contributed by atoms with Crippen molar-refractivity contribution in [2.45, 2.75) is 18.9 Å². The molecule has 10 heavy (non-hydrogen) atoms. The van der Waals surface area contributed by atoms with E-state index in [0.717, 1.165) is 12.8 Å². The number of urea groups is 1. The lowest BCUT2D eigenvalue weighted by atomic mass is 9.78. The molecule has 0 bridgehead atoms. The molecular weight excluding hydrogens is 132 g/mol. The van der Waals surface area contributed by atoms with Gasteiger partial charge in [0.05, 0.1) is 5.92 Å². The lowest BCUT2D eigenvalue weighted by Crippen LogP contribution is -2.62. The first-order chi connectivity index (χ1) is 4.77. The second kappa shape index (κ2) is 1.71. The number of carbonyl (C=O) groups excluding carboxylic acids is 2. The highest BCUT2D eigenvalue weighted by atomic mass is 16.2. The summed E-state index contributed by atoms with van der Waals surface area (Å²) in [5.41, 5.74) is 0. The Bertz CT molecular complexity index is 202. The lowest BCUT2D eigenvalue weighted by Gasteiger charge is -2.39. The number of rotatable bonds is 0. The number of hydrogen-bond acceptors (Lipinski definition) is 2. The number of amides is 3. The van der Waals surface area contributed by atoms with Crippen molar-refractivity contribution in [3.05, 3.63) is 0 Å². The number of nitrogens with one attached hydrogen (secondary N) is 2. The van der Waals surface area contributed by atoms with Gasteiger partial charge in [0, 0.05) is 6.04 Å². The molecule has 1 aliphatic carbocycles. The fourth-order valence-corrected chi connectivity index (χ4v) is 1.40. The van der Waals surface area contributed by atoms with Crippen LogP contribution < -0.4 is 10.6 Å². The first-order valence-corrected chi connectivity index (χ1v) is 3.39. The number of carbonyl (C=O) groups is 2. The minimum atomic E-state index is -0.342. The van der Waals surface area contributed by atoms with Gasteiger partial charge in [-0.25, -0.2) is 4.79 Å². The van der Waals surface area contributed by atoms with E-state index in [4.69, 9.17) is 0 Å². The van der Waals surface area contributed by atoms with Crippen molar-refractivity contribution in [3.8, 4) is 0 Å². The van der Waals surface area contributed by atoms with Gasteiger partial charge in [-0.3, -0.25) is 10.1 Å². The van der Waals surface area contributed by atoms with Gasteiger partial charge >= 0.3 is 6.03 Å². The zero-order chi connectivity index (χ0) is 7.14. The van der Waals surface area contributed by atoms with E-state index in [1.54, 1.807) is 0 Å². The molecule has 4 heteroatoms. The van der Waals surface area contributed by atoms with Crippen LogP contribution in [-0.4, -0.2) is 18.0 Å². The van der Waals surface area contributed by atoms with Gasteiger partial charge in [0.2, 0.25) is 5.91 Å². The van der Waals surface area contributed by atoms with E-state index in [2.05, 4.69) is 10.6 Å². The number of hydrogen-bond donors (Lipinski definition) is 2. The van der Waals surface area contributed by atoms with Gasteiger partial charge in [-0.1, -0.05) is 0 Å². The summed E-state index contributed by atoms with van der Waals surface area (Å²) < 4.78 is 0. The van der Waals surface area contributed by atoms with Crippen molar-refractivity contribution < 1.29 is 9.59 Å². The molecule has 4 nitrogen and oxygen atoms in total. The Labute approximate surface area is 58.0 Å². The highest BCUT2D eigenvalue weighted by Gasteiger charge is 2.41. The maximum atomic E-state index is 10.9. The van der Waals surface area contributed by atoms with Crippen LogP contribution in [0.25, 0.3) is 0 Å². The van der Waals surface area contributed by atoms with Gasteiger partial charge in [0.1, 0.15) is 0 Å². The van der Waals surface area contributed by atoms with Crippen molar-refractivity contribution in [1.29, 1.82) is 0 Å². The number of imide groups is 1. The van der Waals surface area contributed by atoms with E-state index in [-0.39, 0.29) is 23.9 Å². The van der Waals surface area contributed by atoms with Gasteiger partial charge in [-0.05, 0) is 12.8 Å². The van der Waals surface area contributed by atoms with Crippen LogP contribution in [-0.2, 0) is 4.79 Å². The summed E-state index contributed by atoms with van der Waals surface area (Å²) in [6, 6.07) is -0.216. The molecule has 2 aliphatic rings. The zero-order valence-electron chi connectivity index (χ0n) is 5.39. The van der Waals surface area contributed by atoms with E-state index < -0.39 is 0 Å². The predicted octanol–water partition coefficient (Wildman–Crippen LogP) is -0.396. The van der Waals surface area contributed by atoms with Crippen molar-refractivity contribution in [2.75, 3.05) is 0 Å². The fourth-order valence-electron chi connectivity index (χ4n) is 1.40. The largest absolute Gasteiger partial charge is 0.334 e. The van der Waals surface area contributed by atoms with Crippen LogP contribution in [0.5, 0.6) is 0 Å². The summed E-state index contributed by atoms with van der Waals surface area (Å²) in [5, 5.41) is 4.90. The molecule has 1 saturated carbocycles. The third-order valence-corrected chi connectivity index (χ3v) is 2.16.